The molecule has 1 amide bonds. The molecule has 3 aromatic rings. The summed E-state index contributed by atoms with van der Waals surface area (Å²) in [7, 11) is 0. The van der Waals surface area contributed by atoms with Crippen LogP contribution in [0.15, 0.2) is 72.8 Å². The minimum atomic E-state index is -1.90. The van der Waals surface area contributed by atoms with Crippen molar-refractivity contribution in [2.75, 3.05) is 4.90 Å². The fourth-order valence-corrected chi connectivity index (χ4v) is 4.22. The second-order valence-electron chi connectivity index (χ2n) is 8.06. The molecule has 0 saturated heterocycles. The van der Waals surface area contributed by atoms with Crippen molar-refractivity contribution in [2.24, 2.45) is 5.92 Å². The molecule has 0 radical (unpaired) electrons. The van der Waals surface area contributed by atoms with Crippen LogP contribution in [-0.4, -0.2) is 16.8 Å². The number of carbonyl (C=O) groups is 2. The van der Waals surface area contributed by atoms with Crippen molar-refractivity contribution in [1.82, 2.24) is 0 Å². The van der Waals surface area contributed by atoms with Crippen LogP contribution in [0.4, 0.5) is 5.69 Å². The molecule has 1 aliphatic heterocycles. The first-order valence-electron chi connectivity index (χ1n) is 10.1. The number of aliphatic hydroxyl groups is 1. The van der Waals surface area contributed by atoms with E-state index in [4.69, 9.17) is 0 Å². The molecule has 0 bridgehead atoms. The van der Waals surface area contributed by atoms with Crippen LogP contribution in [0.2, 0.25) is 0 Å². The molecule has 0 fully saturated rings. The monoisotopic (exact) mass is 399 g/mol. The number of amides is 1. The van der Waals surface area contributed by atoms with Gasteiger partial charge < -0.3 is 10.0 Å². The fraction of sp³-hybridized carbons (Fsp3) is 0.231. The van der Waals surface area contributed by atoms with Crippen LogP contribution in [0.25, 0.3) is 0 Å². The summed E-state index contributed by atoms with van der Waals surface area (Å²) >= 11 is 0. The summed E-state index contributed by atoms with van der Waals surface area (Å²) in [6.07, 6.45) is 0. The van der Waals surface area contributed by atoms with Gasteiger partial charge in [-0.05, 0) is 31.0 Å². The van der Waals surface area contributed by atoms with E-state index in [1.54, 1.807) is 48.2 Å². The molecule has 0 spiro atoms. The Labute approximate surface area is 176 Å². The molecule has 0 aliphatic carbocycles. The predicted octanol–water partition coefficient (Wildman–Crippen LogP) is 4.56. The molecule has 1 N–H and O–H groups in total. The predicted molar refractivity (Wildman–Crippen MR) is 117 cm³/mol. The Morgan fingerprint density at radius 1 is 1.00 bits per heavy atom. The molecule has 4 nitrogen and oxygen atoms in total. The minimum Gasteiger partial charge on any atom is -0.375 e. The number of hydrogen-bond donors (Lipinski definition) is 1. The lowest BCUT2D eigenvalue weighted by Crippen LogP contribution is -2.47. The zero-order chi connectivity index (χ0) is 21.5. The molecule has 152 valence electrons. The molecule has 2 atom stereocenters. The number of fused-ring (bicyclic) bond motifs is 1. The van der Waals surface area contributed by atoms with E-state index >= 15 is 0 Å². The van der Waals surface area contributed by atoms with Crippen LogP contribution in [-0.2, 0) is 16.9 Å². The van der Waals surface area contributed by atoms with Gasteiger partial charge in [0.2, 0.25) is 0 Å². The molecular formula is C26H25NO3. The quantitative estimate of drug-likeness (QED) is 0.640. The number of nitrogens with zero attached hydrogens (tertiary/aromatic N) is 1. The lowest BCUT2D eigenvalue weighted by Gasteiger charge is -2.29. The van der Waals surface area contributed by atoms with Crippen LogP contribution in [0, 0.1) is 19.8 Å². The zero-order valence-electron chi connectivity index (χ0n) is 17.4. The Morgan fingerprint density at radius 3 is 2.40 bits per heavy atom. The highest BCUT2D eigenvalue weighted by atomic mass is 16.3. The van der Waals surface area contributed by atoms with Gasteiger partial charge in [0.05, 0.1) is 18.2 Å². The summed E-state index contributed by atoms with van der Waals surface area (Å²) in [5.74, 6) is -1.63. The van der Waals surface area contributed by atoms with Gasteiger partial charge in [-0.1, -0.05) is 79.2 Å². The molecule has 4 rings (SSSR count). The van der Waals surface area contributed by atoms with E-state index < -0.39 is 17.4 Å². The van der Waals surface area contributed by atoms with E-state index in [-0.39, 0.29) is 5.78 Å². The second kappa shape index (κ2) is 7.54. The van der Waals surface area contributed by atoms with Crippen LogP contribution in [0.5, 0.6) is 0 Å². The zero-order valence-corrected chi connectivity index (χ0v) is 17.4. The second-order valence-corrected chi connectivity index (χ2v) is 8.06. The third-order valence-electron chi connectivity index (χ3n) is 6.09. The third-order valence-corrected chi connectivity index (χ3v) is 6.09. The molecule has 1 heterocycles. The molecule has 0 unspecified atom stereocenters. The lowest BCUT2D eigenvalue weighted by atomic mass is 9.79. The smallest absolute Gasteiger partial charge is 0.264 e. The van der Waals surface area contributed by atoms with Crippen molar-refractivity contribution < 1.29 is 14.7 Å². The highest BCUT2D eigenvalue weighted by molar-refractivity contribution is 6.11. The SMILES string of the molecule is Cc1ccc(C)c(CN2C(=O)[C@](O)([C@H](C)C(=O)c3ccccc3)c3ccccc32)c1. The number of para-hydroxylation sites is 1. The minimum absolute atomic E-state index is 0.255. The van der Waals surface area contributed by atoms with Crippen LogP contribution >= 0.6 is 0 Å². The van der Waals surface area contributed by atoms with Crippen LogP contribution in [0.1, 0.15) is 39.5 Å². The van der Waals surface area contributed by atoms with Crippen molar-refractivity contribution in [3.8, 4) is 0 Å². The molecule has 0 saturated carbocycles. The first-order chi connectivity index (χ1) is 14.3. The number of carbonyl (C=O) groups excluding carboxylic acids is 2. The van der Waals surface area contributed by atoms with Crippen molar-refractivity contribution >= 4 is 17.4 Å². The highest BCUT2D eigenvalue weighted by Gasteiger charge is 2.55. The molecule has 4 heteroatoms. The van der Waals surface area contributed by atoms with Gasteiger partial charge in [-0.2, -0.15) is 0 Å². The van der Waals surface area contributed by atoms with Crippen molar-refractivity contribution in [3.63, 3.8) is 0 Å². The summed E-state index contributed by atoms with van der Waals surface area (Å²) in [4.78, 5) is 28.3. The molecule has 30 heavy (non-hydrogen) atoms. The third kappa shape index (κ3) is 3.14. The van der Waals surface area contributed by atoms with Crippen LogP contribution in [0.3, 0.4) is 0 Å². The van der Waals surface area contributed by atoms with E-state index in [0.717, 1.165) is 16.7 Å². The van der Waals surface area contributed by atoms with E-state index in [2.05, 4.69) is 6.07 Å². The maximum Gasteiger partial charge on any atom is 0.264 e. The van der Waals surface area contributed by atoms with E-state index in [0.29, 0.717) is 23.4 Å². The van der Waals surface area contributed by atoms with Crippen molar-refractivity contribution in [2.45, 2.75) is 32.9 Å². The molecule has 1 aliphatic rings. The number of benzene rings is 3. The van der Waals surface area contributed by atoms with E-state index in [1.165, 1.54) is 0 Å². The number of hydrogen-bond acceptors (Lipinski definition) is 3. The molecule has 3 aromatic carbocycles. The average molecular weight is 399 g/mol. The summed E-state index contributed by atoms with van der Waals surface area (Å²) < 4.78 is 0. The molecule has 0 aromatic heterocycles. The average Bonchev–Trinajstić information content (AvgIpc) is 2.98. The number of ketones is 1. The first kappa shape index (κ1) is 20.0. The van der Waals surface area contributed by atoms with Crippen LogP contribution < -0.4 is 4.90 Å². The number of aryl methyl sites for hydroxylation is 2. The molecular weight excluding hydrogens is 374 g/mol. The number of Topliss-reactive ketones (excluding diaryl/α,β-unsaturated/α-hetero) is 1. The Balaban J connectivity index is 1.76. The van der Waals surface area contributed by atoms with Gasteiger partial charge in [-0.25, -0.2) is 0 Å². The van der Waals surface area contributed by atoms with Gasteiger partial charge in [0, 0.05) is 11.1 Å². The Hall–Kier alpha value is -3.24. The summed E-state index contributed by atoms with van der Waals surface area (Å²) in [6.45, 7) is 6.00. The lowest BCUT2D eigenvalue weighted by molar-refractivity contribution is -0.139. The van der Waals surface area contributed by atoms with E-state index in [9.17, 15) is 14.7 Å². The fourth-order valence-electron chi connectivity index (χ4n) is 4.22. The number of anilines is 1. The van der Waals surface area contributed by atoms with Crippen molar-refractivity contribution in [1.29, 1.82) is 0 Å². The van der Waals surface area contributed by atoms with Gasteiger partial charge in [0.1, 0.15) is 0 Å². The van der Waals surface area contributed by atoms with E-state index in [1.807, 2.05) is 44.2 Å². The van der Waals surface area contributed by atoms with Crippen molar-refractivity contribution in [3.05, 3.63) is 101 Å². The Kier molecular flexibility index (Phi) is 5.04. The maximum atomic E-state index is 13.6. The number of rotatable bonds is 5. The Morgan fingerprint density at radius 2 is 1.67 bits per heavy atom. The normalized spacial score (nSPS) is 18.9. The van der Waals surface area contributed by atoms with Gasteiger partial charge >= 0.3 is 0 Å². The highest BCUT2D eigenvalue weighted by Crippen LogP contribution is 2.46. The summed E-state index contributed by atoms with van der Waals surface area (Å²) in [6, 6.07) is 22.1. The van der Waals surface area contributed by atoms with Gasteiger partial charge in [-0.3, -0.25) is 9.59 Å². The standard InChI is InChI=1S/C26H25NO3/c1-17-13-14-18(2)21(15-17)16-27-23-12-8-7-11-22(23)26(30,25(27)29)19(3)24(28)20-9-5-4-6-10-20/h4-15,19,30H,16H2,1-3H3/t19-,26+/m1/s1. The topological polar surface area (TPSA) is 57.6 Å². The maximum absolute atomic E-state index is 13.6. The summed E-state index contributed by atoms with van der Waals surface area (Å²) in [5, 5.41) is 11.7. The first-order valence-corrected chi connectivity index (χ1v) is 10.1. The van der Waals surface area contributed by atoms with Gasteiger partial charge in [-0.15, -0.1) is 0 Å². The Bertz CT molecular complexity index is 1120. The van der Waals surface area contributed by atoms with Gasteiger partial charge in [0.15, 0.2) is 11.4 Å². The van der Waals surface area contributed by atoms with Gasteiger partial charge in [0.25, 0.3) is 5.91 Å². The largest absolute Gasteiger partial charge is 0.375 e. The summed E-state index contributed by atoms with van der Waals surface area (Å²) in [5.41, 5.74) is 2.92.